The topological polar surface area (TPSA) is 0 Å². The number of halogens is 3. The minimum Gasteiger partial charge on any atom is -0.171 e. The molecule has 0 radical (unpaired) electrons. The molecule has 0 aliphatic heterocycles. The van der Waals surface area contributed by atoms with E-state index in [1.807, 2.05) is 41.5 Å². The quantitative estimate of drug-likeness (QED) is 0.227. The van der Waals surface area contributed by atoms with Crippen LogP contribution in [0.3, 0.4) is 0 Å². The Balaban J connectivity index is -0.000000282. The molecule has 0 bridgehead atoms. The predicted octanol–water partition coefficient (Wildman–Crippen LogP) is 29.6. The van der Waals surface area contributed by atoms with Crippen molar-refractivity contribution in [3.05, 3.63) is 0 Å². The lowest BCUT2D eigenvalue weighted by Gasteiger charge is -2.42. The summed E-state index contributed by atoms with van der Waals surface area (Å²) < 4.78 is 51.6. The van der Waals surface area contributed by atoms with E-state index in [9.17, 15) is 13.2 Å². The van der Waals surface area contributed by atoms with Crippen LogP contribution in [0.15, 0.2) is 0 Å². The fourth-order valence-electron chi connectivity index (χ4n) is 13.7. The van der Waals surface area contributed by atoms with Gasteiger partial charge in [0.1, 0.15) is 0 Å². The molecule has 0 spiro atoms. The van der Waals surface area contributed by atoms with Gasteiger partial charge in [-0.05, 0) is 166 Å². The van der Waals surface area contributed by atoms with Gasteiger partial charge in [-0.3, -0.25) is 0 Å². The summed E-state index contributed by atoms with van der Waals surface area (Å²) in [6.45, 7) is 83.3. The minimum atomic E-state index is -4.10. The molecule has 3 heteroatoms. The van der Waals surface area contributed by atoms with Crippen molar-refractivity contribution in [2.24, 2.45) is 101 Å². The molecule has 0 aromatic carbocycles. The molecule has 0 amide bonds. The summed E-state index contributed by atoms with van der Waals surface area (Å²) in [6.07, 6.45) is 22.0. The molecule has 0 aromatic rings. The number of hydrogen-bond acceptors (Lipinski definition) is 0. The van der Waals surface area contributed by atoms with Gasteiger partial charge in [-0.1, -0.05) is 327 Å². The molecule has 0 aromatic heterocycles. The van der Waals surface area contributed by atoms with E-state index in [1.165, 1.54) is 136 Å². The van der Waals surface area contributed by atoms with Crippen LogP contribution in [-0.2, 0) is 0 Å². The Bertz CT molecular complexity index is 1490. The van der Waals surface area contributed by atoms with Gasteiger partial charge in [0.05, 0.1) is 5.41 Å². The van der Waals surface area contributed by atoms with Crippen molar-refractivity contribution in [2.45, 2.75) is 404 Å². The van der Waals surface area contributed by atoms with Gasteiger partial charge in [-0.25, -0.2) is 0 Å². The zero-order valence-corrected chi connectivity index (χ0v) is 63.8. The normalized spacial score (nSPS) is 18.1. The summed E-state index contributed by atoms with van der Waals surface area (Å²) in [6, 6.07) is 0. The summed E-state index contributed by atoms with van der Waals surface area (Å²) in [4.78, 5) is 0. The minimum absolute atomic E-state index is 0.156. The highest BCUT2D eigenvalue weighted by atomic mass is 19.4. The maximum Gasteiger partial charge on any atom is 0.393 e. The molecular formula is C78H163F3. The second kappa shape index (κ2) is 38.3. The van der Waals surface area contributed by atoms with Crippen molar-refractivity contribution in [1.29, 1.82) is 0 Å². The van der Waals surface area contributed by atoms with Gasteiger partial charge in [0.25, 0.3) is 0 Å². The van der Waals surface area contributed by atoms with Crippen molar-refractivity contribution in [1.82, 2.24) is 0 Å². The van der Waals surface area contributed by atoms with Crippen LogP contribution in [0.25, 0.3) is 0 Å². The van der Waals surface area contributed by atoms with E-state index in [2.05, 4.69) is 201 Å². The molecule has 3 fully saturated rings. The van der Waals surface area contributed by atoms with Crippen LogP contribution in [0.1, 0.15) is 401 Å². The summed E-state index contributed by atoms with van der Waals surface area (Å²) in [7, 11) is 0. The molecule has 0 heterocycles. The van der Waals surface area contributed by atoms with Crippen LogP contribution >= 0.6 is 0 Å². The standard InChI is InChI=1S/C15H32.C12H24.C10H20.C9H17F3.C9H18.C9H20.C8H18.C6H14/c1-8-12(9-2)14(15(5,6)7)13(10-3)11-4;1-11(2,3)10-6-8-12(4,5)9-7-10;1-10(2,3)9-7-5-4-6-8-9;1-7(2,3)6-8(4,5)9(10,11)12;1-9(2,3)8-6-4-5-7-8;1-8(2,3)7-9(4,5)6;1-7(2)6-8(3,4)5;1-5-6(2,3)4/h12-14H,8-11H2,1-7H3;10H,6-9H2,1-5H3;9H,4-8H2,1-3H3;6H2,1-5H3;8H,4-7H2,1-3H3;7H2,1-6H3;7H,6H2,1-5H3;5H2,1-4H3/i;;;;;;;5D2. The van der Waals surface area contributed by atoms with E-state index in [1.54, 1.807) is 6.92 Å². The number of alkyl halides is 3. The largest absolute Gasteiger partial charge is 0.393 e. The lowest BCUT2D eigenvalue weighted by atomic mass is 9.64. The monoisotopic (exact) mass is 1160 g/mol. The molecule has 0 atom stereocenters. The van der Waals surface area contributed by atoms with Gasteiger partial charge >= 0.3 is 6.18 Å². The van der Waals surface area contributed by atoms with Crippen LogP contribution in [0.5, 0.6) is 0 Å². The highest BCUT2D eigenvalue weighted by molar-refractivity contribution is 4.86. The molecule has 81 heavy (non-hydrogen) atoms. The number of hydrogen-bond donors (Lipinski definition) is 0. The summed E-state index contributed by atoms with van der Waals surface area (Å²) in [5.41, 5.74) is 2.18. The predicted molar refractivity (Wildman–Crippen MR) is 370 cm³/mol. The molecule has 0 unspecified atom stereocenters. The molecular weight excluding hydrogens is 994 g/mol. The first-order valence-corrected chi connectivity index (χ1v) is 34.3. The Morgan fingerprint density at radius 3 is 0.790 bits per heavy atom. The molecule has 0 N–H and O–H groups in total. The van der Waals surface area contributed by atoms with Crippen LogP contribution in [0.4, 0.5) is 13.2 Å². The molecule has 3 saturated carbocycles. The zero-order valence-electron chi connectivity index (χ0n) is 65.8. The summed E-state index contributed by atoms with van der Waals surface area (Å²) in [5, 5.41) is 0. The van der Waals surface area contributed by atoms with E-state index in [-0.39, 0.29) is 17.3 Å². The molecule has 3 aliphatic rings. The van der Waals surface area contributed by atoms with E-state index in [0.29, 0.717) is 43.3 Å². The van der Waals surface area contributed by atoms with Crippen LogP contribution in [-0.4, -0.2) is 6.18 Å². The first-order valence-electron chi connectivity index (χ1n) is 35.3. The Morgan fingerprint density at radius 2 is 0.654 bits per heavy atom. The van der Waals surface area contributed by atoms with Gasteiger partial charge in [0, 0.05) is 2.74 Å². The fourth-order valence-corrected chi connectivity index (χ4v) is 13.7. The van der Waals surface area contributed by atoms with E-state index >= 15 is 0 Å². The lowest BCUT2D eigenvalue weighted by Crippen LogP contribution is -2.35. The Morgan fingerprint density at radius 1 is 0.395 bits per heavy atom. The third kappa shape index (κ3) is 52.6. The van der Waals surface area contributed by atoms with Crippen LogP contribution in [0.2, 0.25) is 0 Å². The molecule has 0 nitrogen and oxygen atoms in total. The second-order valence-corrected chi connectivity index (χ2v) is 38.5. The van der Waals surface area contributed by atoms with E-state index in [4.69, 9.17) is 2.74 Å². The van der Waals surface area contributed by atoms with Crippen LogP contribution < -0.4 is 0 Å². The molecule has 0 saturated heterocycles. The van der Waals surface area contributed by atoms with Gasteiger partial charge in [-0.2, -0.15) is 13.2 Å². The third-order valence-electron chi connectivity index (χ3n) is 17.7. The smallest absolute Gasteiger partial charge is 0.171 e. The molecule has 3 rings (SSSR count). The molecule has 496 valence electrons. The maximum atomic E-state index is 12.4. The lowest BCUT2D eigenvalue weighted by molar-refractivity contribution is -0.220. The van der Waals surface area contributed by atoms with Crippen molar-refractivity contribution >= 4 is 0 Å². The summed E-state index contributed by atoms with van der Waals surface area (Å²) in [5.74, 6) is 6.53. The second-order valence-electron chi connectivity index (χ2n) is 38.5. The van der Waals surface area contributed by atoms with Crippen LogP contribution in [0, 0.1) is 101 Å². The highest BCUT2D eigenvalue weighted by Gasteiger charge is 2.48. The first kappa shape index (κ1) is 85.0. The third-order valence-corrected chi connectivity index (χ3v) is 17.7. The maximum absolute atomic E-state index is 12.4. The van der Waals surface area contributed by atoms with E-state index in [0.717, 1.165) is 41.4 Å². The van der Waals surface area contributed by atoms with Crippen molar-refractivity contribution < 1.29 is 15.9 Å². The van der Waals surface area contributed by atoms with E-state index < -0.39 is 18.0 Å². The molecule has 3 aliphatic carbocycles. The van der Waals surface area contributed by atoms with Gasteiger partial charge in [-0.15, -0.1) is 0 Å². The Kier molecular flexibility index (Phi) is 40.1. The van der Waals surface area contributed by atoms with Crippen molar-refractivity contribution in [3.8, 4) is 0 Å². The van der Waals surface area contributed by atoms with Crippen molar-refractivity contribution in [2.75, 3.05) is 0 Å². The summed E-state index contributed by atoms with van der Waals surface area (Å²) >= 11 is 0. The average Bonchev–Trinajstić information content (AvgIpc) is 3.78. The fraction of sp³-hybridized carbons (Fsp3) is 1.00. The van der Waals surface area contributed by atoms with Gasteiger partial charge in [0.15, 0.2) is 0 Å². The Hall–Kier alpha value is -0.210. The van der Waals surface area contributed by atoms with Gasteiger partial charge < -0.3 is 0 Å². The van der Waals surface area contributed by atoms with Crippen molar-refractivity contribution in [3.63, 3.8) is 0 Å². The zero-order chi connectivity index (χ0) is 67.7. The Labute approximate surface area is 518 Å². The highest BCUT2D eigenvalue weighted by Crippen LogP contribution is 2.47. The number of rotatable bonds is 8. The van der Waals surface area contributed by atoms with Gasteiger partial charge in [0.2, 0.25) is 0 Å². The SMILES string of the molecule is CC(C)(C)C1CCCC1.CC(C)(C)C1CCCCC1.CC(C)(C)CC(C)(C)C.CC(C)(C)CC(C)(C)C(F)(F)F.CC(C)CC(C)(C)C.CC1(C)CCC(C(C)(C)C)CC1.CCC(CC)C(C(CC)CC)C(C)(C)C.[2H]C([2H])(C)C(C)(C)C. The first-order chi connectivity index (χ1) is 36.3. The average molecular weight is 1160 g/mol.